The van der Waals surface area contributed by atoms with Crippen molar-refractivity contribution in [2.75, 3.05) is 13.2 Å². The van der Waals surface area contributed by atoms with Crippen LogP contribution in [0.3, 0.4) is 0 Å². The number of rotatable bonds is 5. The van der Waals surface area contributed by atoms with Crippen molar-refractivity contribution in [1.82, 2.24) is 4.72 Å². The predicted octanol–water partition coefficient (Wildman–Crippen LogP) is 2.95. The molecule has 0 atom stereocenters. The summed E-state index contributed by atoms with van der Waals surface area (Å²) in [6.45, 7) is 1.02. The van der Waals surface area contributed by atoms with E-state index in [-0.39, 0.29) is 11.6 Å². The molecule has 0 saturated carbocycles. The highest BCUT2D eigenvalue weighted by molar-refractivity contribution is 7.88. The number of ether oxygens (including phenoxy) is 1. The Morgan fingerprint density at radius 2 is 1.62 bits per heavy atom. The molecule has 0 radical (unpaired) electrons. The summed E-state index contributed by atoms with van der Waals surface area (Å²) in [5.41, 5.74) is 0.841. The van der Waals surface area contributed by atoms with Crippen molar-refractivity contribution in [3.05, 3.63) is 71.5 Å². The summed E-state index contributed by atoms with van der Waals surface area (Å²) < 4.78 is 46.7. The Hall–Kier alpha value is -1.76. The first-order valence-electron chi connectivity index (χ1n) is 7.89. The van der Waals surface area contributed by atoms with Crippen molar-refractivity contribution in [1.29, 1.82) is 0 Å². The second-order valence-electron chi connectivity index (χ2n) is 6.05. The SMILES string of the molecule is O=S(=O)(Cc1ccc(F)cc1)NC1(c2ccccc2)CCOCC1. The molecule has 6 heteroatoms. The van der Waals surface area contributed by atoms with E-state index in [9.17, 15) is 12.8 Å². The molecule has 0 aromatic heterocycles. The van der Waals surface area contributed by atoms with Crippen LogP contribution in [0.2, 0.25) is 0 Å². The molecular formula is C18H20FNO3S. The maximum absolute atomic E-state index is 13.0. The average Bonchev–Trinajstić information content (AvgIpc) is 2.58. The Bertz CT molecular complexity index is 770. The van der Waals surface area contributed by atoms with Gasteiger partial charge in [-0.3, -0.25) is 0 Å². The lowest BCUT2D eigenvalue weighted by Crippen LogP contribution is -2.49. The summed E-state index contributed by atoms with van der Waals surface area (Å²) in [6.07, 6.45) is 1.17. The highest BCUT2D eigenvalue weighted by atomic mass is 32.2. The van der Waals surface area contributed by atoms with Crippen LogP contribution in [0.15, 0.2) is 54.6 Å². The van der Waals surface area contributed by atoms with Gasteiger partial charge in [-0.15, -0.1) is 0 Å². The van der Waals surface area contributed by atoms with E-state index in [0.717, 1.165) is 5.56 Å². The Kier molecular flexibility index (Phi) is 4.99. The van der Waals surface area contributed by atoms with E-state index in [0.29, 0.717) is 31.6 Å². The van der Waals surface area contributed by atoms with Crippen molar-refractivity contribution in [2.45, 2.75) is 24.1 Å². The molecule has 1 heterocycles. The van der Waals surface area contributed by atoms with Crippen LogP contribution in [0, 0.1) is 5.82 Å². The minimum absolute atomic E-state index is 0.178. The van der Waals surface area contributed by atoms with E-state index in [1.807, 2.05) is 30.3 Å². The van der Waals surface area contributed by atoms with Gasteiger partial charge in [0.15, 0.2) is 0 Å². The smallest absolute Gasteiger partial charge is 0.216 e. The Morgan fingerprint density at radius 1 is 1.00 bits per heavy atom. The molecule has 0 unspecified atom stereocenters. The second kappa shape index (κ2) is 7.01. The molecule has 1 fully saturated rings. The van der Waals surface area contributed by atoms with Crippen LogP contribution in [0.4, 0.5) is 4.39 Å². The molecule has 0 amide bonds. The molecule has 4 nitrogen and oxygen atoms in total. The van der Waals surface area contributed by atoms with E-state index in [2.05, 4.69) is 4.72 Å². The van der Waals surface area contributed by atoms with Crippen LogP contribution < -0.4 is 4.72 Å². The van der Waals surface area contributed by atoms with E-state index in [4.69, 9.17) is 4.74 Å². The van der Waals surface area contributed by atoms with Crippen LogP contribution in [0.5, 0.6) is 0 Å². The molecule has 2 aromatic rings. The molecule has 0 aliphatic carbocycles. The normalized spacial score (nSPS) is 17.5. The molecule has 1 aliphatic rings. The van der Waals surface area contributed by atoms with Gasteiger partial charge >= 0.3 is 0 Å². The Morgan fingerprint density at radius 3 is 2.25 bits per heavy atom. The fraction of sp³-hybridized carbons (Fsp3) is 0.333. The van der Waals surface area contributed by atoms with Crippen LogP contribution in [-0.2, 0) is 26.1 Å². The number of hydrogen-bond donors (Lipinski definition) is 1. The molecule has 1 aliphatic heterocycles. The number of benzene rings is 2. The summed E-state index contributed by atoms with van der Waals surface area (Å²) in [5.74, 6) is -0.558. The lowest BCUT2D eigenvalue weighted by Gasteiger charge is -2.38. The molecule has 1 N–H and O–H groups in total. The van der Waals surface area contributed by atoms with Crippen LogP contribution in [0.1, 0.15) is 24.0 Å². The highest BCUT2D eigenvalue weighted by Gasteiger charge is 2.38. The van der Waals surface area contributed by atoms with Crippen LogP contribution >= 0.6 is 0 Å². The minimum atomic E-state index is -3.58. The average molecular weight is 349 g/mol. The first-order valence-corrected chi connectivity index (χ1v) is 9.54. The third kappa shape index (κ3) is 4.01. The van der Waals surface area contributed by atoms with Gasteiger partial charge in [-0.2, -0.15) is 0 Å². The van der Waals surface area contributed by atoms with Crippen molar-refractivity contribution in [2.24, 2.45) is 0 Å². The zero-order valence-corrected chi connectivity index (χ0v) is 14.1. The molecule has 2 aromatic carbocycles. The summed E-state index contributed by atoms with van der Waals surface area (Å²) in [5, 5.41) is 0. The first kappa shape index (κ1) is 17.1. The van der Waals surface area contributed by atoms with Gasteiger partial charge in [-0.05, 0) is 36.1 Å². The lowest BCUT2D eigenvalue weighted by atomic mass is 9.84. The highest BCUT2D eigenvalue weighted by Crippen LogP contribution is 2.33. The van der Waals surface area contributed by atoms with Gasteiger partial charge in [-0.25, -0.2) is 17.5 Å². The van der Waals surface area contributed by atoms with Gasteiger partial charge in [-0.1, -0.05) is 42.5 Å². The van der Waals surface area contributed by atoms with Gasteiger partial charge in [0.05, 0.1) is 11.3 Å². The maximum atomic E-state index is 13.0. The monoisotopic (exact) mass is 349 g/mol. The van der Waals surface area contributed by atoms with Crippen LogP contribution in [0.25, 0.3) is 0 Å². The second-order valence-corrected chi connectivity index (χ2v) is 7.77. The zero-order chi connectivity index (χ0) is 17.0. The number of halogens is 1. The Balaban J connectivity index is 1.85. The summed E-state index contributed by atoms with van der Waals surface area (Å²) in [7, 11) is -3.58. The molecule has 24 heavy (non-hydrogen) atoms. The van der Waals surface area contributed by atoms with Crippen molar-refractivity contribution in [3.8, 4) is 0 Å². The van der Waals surface area contributed by atoms with E-state index in [1.165, 1.54) is 24.3 Å². The van der Waals surface area contributed by atoms with Gasteiger partial charge in [0.25, 0.3) is 0 Å². The van der Waals surface area contributed by atoms with Gasteiger partial charge in [0.1, 0.15) is 5.82 Å². The number of sulfonamides is 1. The fourth-order valence-corrected chi connectivity index (χ4v) is 4.68. The van der Waals surface area contributed by atoms with Crippen molar-refractivity contribution in [3.63, 3.8) is 0 Å². The fourth-order valence-electron chi connectivity index (χ4n) is 3.06. The third-order valence-corrected chi connectivity index (χ3v) is 5.71. The van der Waals surface area contributed by atoms with Gasteiger partial charge in [0.2, 0.25) is 10.0 Å². The predicted molar refractivity (Wildman–Crippen MR) is 90.3 cm³/mol. The van der Waals surface area contributed by atoms with E-state index >= 15 is 0 Å². The standard InChI is InChI=1S/C18H20FNO3S/c19-17-8-6-15(7-9-17)14-24(21,22)20-18(10-12-23-13-11-18)16-4-2-1-3-5-16/h1-9,20H,10-14H2. The maximum Gasteiger partial charge on any atom is 0.216 e. The summed E-state index contributed by atoms with van der Waals surface area (Å²) in [6, 6.07) is 15.1. The molecule has 3 rings (SSSR count). The molecule has 1 saturated heterocycles. The third-order valence-electron chi connectivity index (χ3n) is 4.29. The Labute approximate surface area is 141 Å². The summed E-state index contributed by atoms with van der Waals surface area (Å²) >= 11 is 0. The van der Waals surface area contributed by atoms with E-state index < -0.39 is 15.6 Å². The van der Waals surface area contributed by atoms with Gasteiger partial charge < -0.3 is 4.74 Å². The quantitative estimate of drug-likeness (QED) is 0.903. The summed E-state index contributed by atoms with van der Waals surface area (Å²) in [4.78, 5) is 0. The van der Waals surface area contributed by atoms with Gasteiger partial charge in [0, 0.05) is 13.2 Å². The molecular weight excluding hydrogens is 329 g/mol. The number of nitrogens with one attached hydrogen (secondary N) is 1. The molecule has 128 valence electrons. The zero-order valence-electron chi connectivity index (χ0n) is 13.2. The largest absolute Gasteiger partial charge is 0.381 e. The topological polar surface area (TPSA) is 55.4 Å². The van der Waals surface area contributed by atoms with E-state index in [1.54, 1.807) is 0 Å². The lowest BCUT2D eigenvalue weighted by molar-refractivity contribution is 0.0459. The minimum Gasteiger partial charge on any atom is -0.381 e. The van der Waals surface area contributed by atoms with Crippen molar-refractivity contribution < 1.29 is 17.5 Å². The molecule has 0 spiro atoms. The molecule has 0 bridgehead atoms. The van der Waals surface area contributed by atoms with Crippen molar-refractivity contribution >= 4 is 10.0 Å². The number of hydrogen-bond acceptors (Lipinski definition) is 3. The first-order chi connectivity index (χ1) is 11.5. The van der Waals surface area contributed by atoms with Crippen LogP contribution in [-0.4, -0.2) is 21.6 Å².